The van der Waals surface area contributed by atoms with Crippen LogP contribution in [0.4, 0.5) is 4.79 Å². The second kappa shape index (κ2) is 8.31. The Morgan fingerprint density at radius 1 is 1.26 bits per heavy atom. The molecule has 1 N–H and O–H groups in total. The molecule has 2 unspecified atom stereocenters. The Labute approximate surface area is 140 Å². The fourth-order valence-electron chi connectivity index (χ4n) is 3.07. The molecular weight excluding hydrogens is 294 g/mol. The summed E-state index contributed by atoms with van der Waals surface area (Å²) in [4.78, 5) is 16.3. The number of amides is 1. The average molecular weight is 327 g/mol. The standard InChI is InChI=1S/C17H33N3O3/c1-14-15(6-13-22-14)18-7-5-8-19-9-11-20(12-10-19)16(21)23-17(2,3)4/h14-15,18H,5-13H2,1-4H3. The highest BCUT2D eigenvalue weighted by Gasteiger charge is 2.26. The van der Waals surface area contributed by atoms with Gasteiger partial charge in [0, 0.05) is 38.8 Å². The lowest BCUT2D eigenvalue weighted by Gasteiger charge is -2.35. The fraction of sp³-hybridized carbons (Fsp3) is 0.941. The van der Waals surface area contributed by atoms with E-state index in [0.29, 0.717) is 12.1 Å². The summed E-state index contributed by atoms with van der Waals surface area (Å²) in [5.74, 6) is 0. The molecule has 2 saturated heterocycles. The van der Waals surface area contributed by atoms with Crippen LogP contribution in [-0.4, -0.2) is 79.5 Å². The van der Waals surface area contributed by atoms with Gasteiger partial charge in [-0.05, 0) is 53.6 Å². The molecular formula is C17H33N3O3. The maximum atomic E-state index is 12.0. The molecule has 0 radical (unpaired) electrons. The molecule has 23 heavy (non-hydrogen) atoms. The van der Waals surface area contributed by atoms with Crippen molar-refractivity contribution >= 4 is 6.09 Å². The topological polar surface area (TPSA) is 54.0 Å². The van der Waals surface area contributed by atoms with Crippen LogP contribution in [-0.2, 0) is 9.47 Å². The summed E-state index contributed by atoms with van der Waals surface area (Å²) in [6.07, 6.45) is 2.41. The lowest BCUT2D eigenvalue weighted by Crippen LogP contribution is -2.50. The molecule has 2 atom stereocenters. The van der Waals surface area contributed by atoms with Crippen LogP contribution in [0.5, 0.6) is 0 Å². The predicted molar refractivity (Wildman–Crippen MR) is 90.7 cm³/mol. The van der Waals surface area contributed by atoms with Crippen molar-refractivity contribution in [3.05, 3.63) is 0 Å². The van der Waals surface area contributed by atoms with Crippen molar-refractivity contribution in [2.75, 3.05) is 45.9 Å². The van der Waals surface area contributed by atoms with Crippen molar-refractivity contribution in [3.63, 3.8) is 0 Å². The molecule has 2 rings (SSSR count). The Hall–Kier alpha value is -0.850. The van der Waals surface area contributed by atoms with E-state index in [1.807, 2.05) is 25.7 Å². The molecule has 0 aromatic heterocycles. The van der Waals surface area contributed by atoms with Gasteiger partial charge < -0.3 is 19.7 Å². The van der Waals surface area contributed by atoms with Gasteiger partial charge in [0.15, 0.2) is 0 Å². The largest absolute Gasteiger partial charge is 0.444 e. The normalized spacial score (nSPS) is 26.5. The lowest BCUT2D eigenvalue weighted by atomic mass is 10.1. The van der Waals surface area contributed by atoms with Gasteiger partial charge in [-0.3, -0.25) is 4.90 Å². The van der Waals surface area contributed by atoms with Gasteiger partial charge in [-0.15, -0.1) is 0 Å². The fourth-order valence-corrected chi connectivity index (χ4v) is 3.07. The molecule has 6 nitrogen and oxygen atoms in total. The van der Waals surface area contributed by atoms with Gasteiger partial charge in [0.25, 0.3) is 0 Å². The summed E-state index contributed by atoms with van der Waals surface area (Å²) in [7, 11) is 0. The highest BCUT2D eigenvalue weighted by Crippen LogP contribution is 2.13. The van der Waals surface area contributed by atoms with Crippen molar-refractivity contribution in [2.24, 2.45) is 0 Å². The first kappa shape index (κ1) is 18.5. The minimum atomic E-state index is -0.416. The molecule has 0 bridgehead atoms. The summed E-state index contributed by atoms with van der Waals surface area (Å²) in [6.45, 7) is 14.2. The quantitative estimate of drug-likeness (QED) is 0.779. The van der Waals surface area contributed by atoms with Crippen LogP contribution in [0.3, 0.4) is 0 Å². The zero-order valence-corrected chi connectivity index (χ0v) is 15.1. The summed E-state index contributed by atoms with van der Waals surface area (Å²) in [6, 6.07) is 0.513. The van der Waals surface area contributed by atoms with Crippen LogP contribution >= 0.6 is 0 Å². The number of nitrogens with zero attached hydrogens (tertiary/aromatic N) is 2. The molecule has 0 spiro atoms. The van der Waals surface area contributed by atoms with E-state index in [2.05, 4.69) is 17.1 Å². The van der Waals surface area contributed by atoms with E-state index in [4.69, 9.17) is 9.47 Å². The Kier molecular flexibility index (Phi) is 6.68. The predicted octanol–water partition coefficient (Wildman–Crippen LogP) is 1.70. The summed E-state index contributed by atoms with van der Waals surface area (Å²) >= 11 is 0. The van der Waals surface area contributed by atoms with E-state index in [0.717, 1.165) is 58.7 Å². The van der Waals surface area contributed by atoms with Crippen LogP contribution in [0, 0.1) is 0 Å². The van der Waals surface area contributed by atoms with E-state index in [9.17, 15) is 4.79 Å². The molecule has 1 amide bonds. The third kappa shape index (κ3) is 6.28. The maximum absolute atomic E-state index is 12.0. The summed E-state index contributed by atoms with van der Waals surface area (Å²) < 4.78 is 11.0. The highest BCUT2D eigenvalue weighted by molar-refractivity contribution is 5.68. The molecule has 0 aliphatic carbocycles. The summed E-state index contributed by atoms with van der Waals surface area (Å²) in [5.41, 5.74) is -0.416. The number of nitrogens with one attached hydrogen (secondary N) is 1. The number of carbonyl (C=O) groups excluding carboxylic acids is 1. The minimum Gasteiger partial charge on any atom is -0.444 e. The Morgan fingerprint density at radius 3 is 2.52 bits per heavy atom. The number of carbonyl (C=O) groups is 1. The SMILES string of the molecule is CC1OCCC1NCCCN1CCN(C(=O)OC(C)(C)C)CC1. The van der Waals surface area contributed by atoms with E-state index < -0.39 is 5.60 Å². The molecule has 2 heterocycles. The van der Waals surface area contributed by atoms with Crippen LogP contribution in [0.15, 0.2) is 0 Å². The van der Waals surface area contributed by atoms with Crippen molar-refractivity contribution in [2.45, 2.75) is 58.3 Å². The smallest absolute Gasteiger partial charge is 0.410 e. The van der Waals surface area contributed by atoms with Crippen LogP contribution in [0.1, 0.15) is 40.5 Å². The number of rotatable bonds is 5. The Bertz CT molecular complexity index is 376. The molecule has 134 valence electrons. The Balaban J connectivity index is 1.57. The maximum Gasteiger partial charge on any atom is 0.410 e. The van der Waals surface area contributed by atoms with Gasteiger partial charge in [0.2, 0.25) is 0 Å². The van der Waals surface area contributed by atoms with Crippen molar-refractivity contribution in [3.8, 4) is 0 Å². The highest BCUT2D eigenvalue weighted by atomic mass is 16.6. The van der Waals surface area contributed by atoms with E-state index in [1.165, 1.54) is 0 Å². The first-order valence-electron chi connectivity index (χ1n) is 8.90. The van der Waals surface area contributed by atoms with Crippen LogP contribution < -0.4 is 5.32 Å². The van der Waals surface area contributed by atoms with E-state index >= 15 is 0 Å². The van der Waals surface area contributed by atoms with Gasteiger partial charge in [0.1, 0.15) is 5.60 Å². The second-order valence-electron chi connectivity index (χ2n) is 7.59. The number of ether oxygens (including phenoxy) is 2. The second-order valence-corrected chi connectivity index (χ2v) is 7.59. The average Bonchev–Trinajstić information content (AvgIpc) is 2.88. The van der Waals surface area contributed by atoms with Crippen molar-refractivity contribution in [1.82, 2.24) is 15.1 Å². The first-order valence-corrected chi connectivity index (χ1v) is 8.90. The lowest BCUT2D eigenvalue weighted by molar-refractivity contribution is 0.0144. The molecule has 6 heteroatoms. The van der Waals surface area contributed by atoms with Crippen LogP contribution in [0.25, 0.3) is 0 Å². The number of hydrogen-bond acceptors (Lipinski definition) is 5. The zero-order valence-electron chi connectivity index (χ0n) is 15.1. The third-order valence-corrected chi connectivity index (χ3v) is 4.46. The molecule has 2 aliphatic rings. The van der Waals surface area contributed by atoms with Crippen LogP contribution in [0.2, 0.25) is 0 Å². The van der Waals surface area contributed by atoms with E-state index in [1.54, 1.807) is 0 Å². The van der Waals surface area contributed by atoms with Gasteiger partial charge in [0.05, 0.1) is 6.10 Å². The minimum absolute atomic E-state index is 0.186. The Morgan fingerprint density at radius 2 is 1.96 bits per heavy atom. The number of hydrogen-bond donors (Lipinski definition) is 1. The third-order valence-electron chi connectivity index (χ3n) is 4.46. The van der Waals surface area contributed by atoms with Crippen molar-refractivity contribution < 1.29 is 14.3 Å². The molecule has 2 fully saturated rings. The molecule has 0 aromatic rings. The monoisotopic (exact) mass is 327 g/mol. The first-order chi connectivity index (χ1) is 10.8. The zero-order chi connectivity index (χ0) is 16.9. The number of piperazine rings is 1. The van der Waals surface area contributed by atoms with Gasteiger partial charge in [-0.25, -0.2) is 4.79 Å². The van der Waals surface area contributed by atoms with Gasteiger partial charge in [-0.2, -0.15) is 0 Å². The van der Waals surface area contributed by atoms with Gasteiger partial charge in [-0.1, -0.05) is 0 Å². The van der Waals surface area contributed by atoms with Crippen molar-refractivity contribution in [1.29, 1.82) is 0 Å². The molecule has 2 aliphatic heterocycles. The van der Waals surface area contributed by atoms with Gasteiger partial charge >= 0.3 is 6.09 Å². The molecule has 0 aromatic carbocycles. The van der Waals surface area contributed by atoms with E-state index in [-0.39, 0.29) is 6.09 Å². The summed E-state index contributed by atoms with van der Waals surface area (Å²) in [5, 5.41) is 3.59. The molecule has 0 saturated carbocycles.